The highest BCUT2D eigenvalue weighted by Gasteiger charge is 2.30. The highest BCUT2D eigenvalue weighted by atomic mass is 32.2. The Balaban J connectivity index is 2.23. The average Bonchev–Trinajstić information content (AvgIpc) is 2.31. The molecule has 6 heteroatoms. The maximum Gasteiger partial charge on any atom is 0.446 e. The number of thioether (sulfide) groups is 1. The summed E-state index contributed by atoms with van der Waals surface area (Å²) in [4.78, 5) is 3.91. The number of ether oxygens (including phenoxy) is 1. The molecule has 0 radical (unpaired) electrons. The lowest BCUT2D eigenvalue weighted by Gasteiger charge is -2.11. The lowest BCUT2D eigenvalue weighted by molar-refractivity contribution is -0.0328. The van der Waals surface area contributed by atoms with Crippen LogP contribution in [0.25, 0.3) is 0 Å². The number of hydrogen-bond acceptors (Lipinski definition) is 3. The van der Waals surface area contributed by atoms with E-state index in [1.807, 2.05) is 0 Å². The van der Waals surface area contributed by atoms with Crippen LogP contribution in [0.4, 0.5) is 13.2 Å². The third-order valence-corrected chi connectivity index (χ3v) is 2.72. The Kier molecular flexibility index (Phi) is 3.76. The first-order valence-electron chi connectivity index (χ1n) is 4.98. The Morgan fingerprint density at radius 1 is 1.00 bits per heavy atom. The summed E-state index contributed by atoms with van der Waals surface area (Å²) >= 11 is -0.206. The number of aromatic nitrogens is 1. The predicted octanol–water partition coefficient (Wildman–Crippen LogP) is 4.49. The van der Waals surface area contributed by atoms with Gasteiger partial charge in [0.15, 0.2) is 0 Å². The van der Waals surface area contributed by atoms with Crippen LogP contribution in [0.3, 0.4) is 0 Å². The van der Waals surface area contributed by atoms with E-state index in [0.717, 1.165) is 0 Å². The number of pyridine rings is 1. The molecule has 0 N–H and O–H groups in total. The van der Waals surface area contributed by atoms with Gasteiger partial charge in [0, 0.05) is 12.3 Å². The van der Waals surface area contributed by atoms with Crippen molar-refractivity contribution in [3.63, 3.8) is 0 Å². The summed E-state index contributed by atoms with van der Waals surface area (Å²) in [6.45, 7) is 0. The first-order valence-corrected chi connectivity index (χ1v) is 5.80. The Bertz CT molecular complexity index is 516. The van der Waals surface area contributed by atoms with Crippen LogP contribution in [0.1, 0.15) is 0 Å². The van der Waals surface area contributed by atoms with Crippen LogP contribution in [0.15, 0.2) is 53.6 Å². The highest BCUT2D eigenvalue weighted by Crippen LogP contribution is 2.42. The maximum absolute atomic E-state index is 12.4. The smallest absolute Gasteiger partial charge is 0.438 e. The summed E-state index contributed by atoms with van der Waals surface area (Å²) in [5.41, 5.74) is -4.34. The Labute approximate surface area is 106 Å². The van der Waals surface area contributed by atoms with Crippen LogP contribution < -0.4 is 4.74 Å². The normalized spacial score (nSPS) is 11.3. The molecule has 2 rings (SSSR count). The number of nitrogens with zero attached hydrogens (tertiary/aromatic N) is 1. The van der Waals surface area contributed by atoms with Gasteiger partial charge in [-0.2, -0.15) is 13.2 Å². The van der Waals surface area contributed by atoms with Gasteiger partial charge in [0.25, 0.3) is 0 Å². The van der Waals surface area contributed by atoms with Crippen molar-refractivity contribution in [3.05, 3.63) is 48.7 Å². The summed E-state index contributed by atoms with van der Waals surface area (Å²) in [7, 11) is 0. The van der Waals surface area contributed by atoms with Crippen molar-refractivity contribution >= 4 is 11.8 Å². The fraction of sp³-hybridized carbons (Fsp3) is 0.0833. The van der Waals surface area contributed by atoms with Gasteiger partial charge in [-0.1, -0.05) is 18.2 Å². The topological polar surface area (TPSA) is 22.1 Å². The quantitative estimate of drug-likeness (QED) is 0.768. The van der Waals surface area contributed by atoms with E-state index in [1.54, 1.807) is 24.3 Å². The zero-order valence-electron chi connectivity index (χ0n) is 9.02. The van der Waals surface area contributed by atoms with E-state index in [9.17, 15) is 13.2 Å². The molecule has 0 fully saturated rings. The van der Waals surface area contributed by atoms with Gasteiger partial charge in [-0.3, -0.25) is 0 Å². The lowest BCUT2D eigenvalue weighted by atomic mass is 10.3. The van der Waals surface area contributed by atoms with Crippen LogP contribution >= 0.6 is 11.8 Å². The third kappa shape index (κ3) is 3.66. The van der Waals surface area contributed by atoms with E-state index < -0.39 is 5.51 Å². The van der Waals surface area contributed by atoms with E-state index in [4.69, 9.17) is 4.74 Å². The second-order valence-electron chi connectivity index (χ2n) is 3.26. The molecule has 0 aliphatic rings. The van der Waals surface area contributed by atoms with Crippen molar-refractivity contribution in [2.24, 2.45) is 0 Å². The van der Waals surface area contributed by atoms with Crippen LogP contribution in [0.5, 0.6) is 11.6 Å². The fourth-order valence-electron chi connectivity index (χ4n) is 1.26. The zero-order chi connectivity index (χ0) is 13.0. The van der Waals surface area contributed by atoms with E-state index in [-0.39, 0.29) is 28.3 Å². The molecule has 0 aliphatic carbocycles. The van der Waals surface area contributed by atoms with Gasteiger partial charge in [-0.15, -0.1) is 0 Å². The minimum atomic E-state index is -4.34. The third-order valence-electron chi connectivity index (χ3n) is 1.93. The number of hydrogen-bond donors (Lipinski definition) is 0. The summed E-state index contributed by atoms with van der Waals surface area (Å²) in [6, 6.07) is 10.9. The molecule has 94 valence electrons. The number of para-hydroxylation sites is 1. The molecule has 1 heterocycles. The summed E-state index contributed by atoms with van der Waals surface area (Å²) in [5, 5.41) is 0. The molecule has 0 amide bonds. The Morgan fingerprint density at radius 3 is 2.39 bits per heavy atom. The van der Waals surface area contributed by atoms with Gasteiger partial charge in [0.2, 0.25) is 5.88 Å². The molecule has 0 aliphatic heterocycles. The summed E-state index contributed by atoms with van der Waals surface area (Å²) in [5.74, 6) is 0.395. The first kappa shape index (κ1) is 12.8. The monoisotopic (exact) mass is 271 g/mol. The lowest BCUT2D eigenvalue weighted by Crippen LogP contribution is -2.00. The maximum atomic E-state index is 12.4. The molecule has 0 atom stereocenters. The zero-order valence-corrected chi connectivity index (χ0v) is 9.83. The molecule has 18 heavy (non-hydrogen) atoms. The molecular formula is C12H8F3NOS. The molecular weight excluding hydrogens is 263 g/mol. The second kappa shape index (κ2) is 5.30. The number of benzene rings is 1. The van der Waals surface area contributed by atoms with Gasteiger partial charge in [0.1, 0.15) is 5.75 Å². The average molecular weight is 271 g/mol. The fourth-order valence-corrected chi connectivity index (χ4v) is 1.87. The van der Waals surface area contributed by atoms with Crippen molar-refractivity contribution in [1.29, 1.82) is 0 Å². The minimum absolute atomic E-state index is 0.00986. The van der Waals surface area contributed by atoms with Crippen LogP contribution in [-0.4, -0.2) is 10.5 Å². The van der Waals surface area contributed by atoms with Gasteiger partial charge in [-0.25, -0.2) is 4.98 Å². The molecule has 0 unspecified atom stereocenters. The minimum Gasteiger partial charge on any atom is -0.438 e. The van der Waals surface area contributed by atoms with Crippen molar-refractivity contribution in [1.82, 2.24) is 4.98 Å². The van der Waals surface area contributed by atoms with Crippen molar-refractivity contribution in [2.45, 2.75) is 10.4 Å². The molecule has 0 spiro atoms. The van der Waals surface area contributed by atoms with Gasteiger partial charge >= 0.3 is 5.51 Å². The molecule has 0 saturated carbocycles. The summed E-state index contributed by atoms with van der Waals surface area (Å²) < 4.78 is 42.4. The van der Waals surface area contributed by atoms with Crippen molar-refractivity contribution < 1.29 is 17.9 Å². The summed E-state index contributed by atoms with van der Waals surface area (Å²) in [6.07, 6.45) is 1.51. The van der Waals surface area contributed by atoms with Crippen molar-refractivity contribution in [3.8, 4) is 11.6 Å². The molecule has 1 aromatic heterocycles. The van der Waals surface area contributed by atoms with Crippen LogP contribution in [-0.2, 0) is 0 Å². The largest absolute Gasteiger partial charge is 0.446 e. The van der Waals surface area contributed by atoms with Gasteiger partial charge in [0.05, 0.1) is 4.90 Å². The molecule has 1 aromatic carbocycles. The number of rotatable bonds is 3. The van der Waals surface area contributed by atoms with Gasteiger partial charge < -0.3 is 4.74 Å². The van der Waals surface area contributed by atoms with E-state index in [2.05, 4.69) is 4.98 Å². The molecule has 0 saturated heterocycles. The molecule has 2 aromatic rings. The second-order valence-corrected chi connectivity index (χ2v) is 4.37. The van der Waals surface area contributed by atoms with Gasteiger partial charge in [-0.05, 0) is 30.0 Å². The first-order chi connectivity index (χ1) is 8.54. The number of halogens is 3. The Hall–Kier alpha value is -1.69. The molecule has 0 bridgehead atoms. The van der Waals surface area contributed by atoms with E-state index >= 15 is 0 Å². The predicted molar refractivity (Wildman–Crippen MR) is 62.7 cm³/mol. The van der Waals surface area contributed by atoms with E-state index in [1.165, 1.54) is 24.4 Å². The molecule has 2 nitrogen and oxygen atoms in total. The van der Waals surface area contributed by atoms with Crippen molar-refractivity contribution in [2.75, 3.05) is 0 Å². The van der Waals surface area contributed by atoms with E-state index in [0.29, 0.717) is 0 Å². The Morgan fingerprint density at radius 2 is 1.72 bits per heavy atom. The number of alkyl halides is 3. The van der Waals surface area contributed by atoms with Crippen LogP contribution in [0.2, 0.25) is 0 Å². The highest BCUT2D eigenvalue weighted by molar-refractivity contribution is 8.00. The standard InChI is InChI=1S/C12H8F3NOS/c13-12(14,15)18-10-6-2-1-5-9(10)17-11-7-3-4-8-16-11/h1-8H. The SMILES string of the molecule is FC(F)(F)Sc1ccccc1Oc1ccccn1. The van der Waals surface area contributed by atoms with Crippen LogP contribution in [0, 0.1) is 0 Å².